The Labute approximate surface area is 164 Å². The van der Waals surface area contributed by atoms with Crippen molar-refractivity contribution in [3.8, 4) is 5.75 Å². The molecule has 4 heterocycles. The molecule has 1 atom stereocenters. The van der Waals surface area contributed by atoms with Crippen molar-refractivity contribution in [3.63, 3.8) is 0 Å². The van der Waals surface area contributed by atoms with Gasteiger partial charge in [0.25, 0.3) is 5.91 Å². The lowest BCUT2D eigenvalue weighted by Crippen LogP contribution is -2.51. The number of nitrogens with zero attached hydrogens (tertiary/aromatic N) is 3. The van der Waals surface area contributed by atoms with Crippen LogP contribution in [0, 0.1) is 0 Å². The fourth-order valence-electron chi connectivity index (χ4n) is 4.77. The molecule has 3 amide bonds. The van der Waals surface area contributed by atoms with E-state index in [4.69, 9.17) is 4.74 Å². The molecule has 0 saturated carbocycles. The summed E-state index contributed by atoms with van der Waals surface area (Å²) < 4.78 is 5.37. The number of H-pyrrole nitrogens is 1. The van der Waals surface area contributed by atoms with Gasteiger partial charge in [-0.3, -0.25) is 9.69 Å². The molecule has 3 aliphatic rings. The molecule has 0 bridgehead atoms. The van der Waals surface area contributed by atoms with Crippen molar-refractivity contribution in [1.82, 2.24) is 19.7 Å². The Bertz CT molecular complexity index is 964. The average Bonchev–Trinajstić information content (AvgIpc) is 3.09. The van der Waals surface area contributed by atoms with Gasteiger partial charge in [0.1, 0.15) is 11.3 Å². The number of rotatable bonds is 5. The lowest BCUT2D eigenvalue weighted by atomic mass is 9.86. The molecular formula is C21H26N4O3. The number of hydrogen-bond donors (Lipinski definition) is 1. The highest BCUT2D eigenvalue weighted by molar-refractivity contribution is 6.07. The number of nitrogens with one attached hydrogen (secondary N) is 1. The Morgan fingerprint density at radius 3 is 2.75 bits per heavy atom. The Balaban J connectivity index is 1.41. The van der Waals surface area contributed by atoms with Gasteiger partial charge in [-0.2, -0.15) is 0 Å². The third kappa shape index (κ3) is 2.45. The average molecular weight is 382 g/mol. The van der Waals surface area contributed by atoms with E-state index in [1.165, 1.54) is 11.3 Å². The highest BCUT2D eigenvalue weighted by Crippen LogP contribution is 2.41. The van der Waals surface area contributed by atoms with Crippen LogP contribution in [0.2, 0.25) is 0 Å². The number of urea groups is 1. The maximum absolute atomic E-state index is 13.2. The number of imide groups is 1. The van der Waals surface area contributed by atoms with Gasteiger partial charge in [0, 0.05) is 29.6 Å². The number of methoxy groups -OCH3 is 1. The predicted octanol–water partition coefficient (Wildman–Crippen LogP) is 2.35. The van der Waals surface area contributed by atoms with Gasteiger partial charge >= 0.3 is 6.03 Å². The van der Waals surface area contributed by atoms with E-state index in [0.29, 0.717) is 19.5 Å². The molecule has 1 aromatic heterocycles. The molecule has 2 saturated heterocycles. The molecule has 1 aromatic carbocycles. The summed E-state index contributed by atoms with van der Waals surface area (Å²) in [6.45, 7) is 6.08. The van der Waals surface area contributed by atoms with Crippen LogP contribution in [0.1, 0.15) is 31.0 Å². The van der Waals surface area contributed by atoms with E-state index in [1.807, 2.05) is 25.1 Å². The van der Waals surface area contributed by atoms with Crippen molar-refractivity contribution < 1.29 is 14.3 Å². The van der Waals surface area contributed by atoms with Crippen molar-refractivity contribution in [2.24, 2.45) is 0 Å². The first-order valence-corrected chi connectivity index (χ1v) is 10.0. The standard InChI is InChI=1S/C21H26N4O3/c1-21-12-16-15-11-14(28-2)5-6-17(15)22-18(16)13-25(21)20(27)24(19(21)26)10-4-9-23-7-3-8-23/h5-6,11,22H,3-4,7-10,12-13H2,1-2H3/t21-/m0/s1. The van der Waals surface area contributed by atoms with E-state index in [9.17, 15) is 9.59 Å². The molecule has 0 unspecified atom stereocenters. The molecule has 7 nitrogen and oxygen atoms in total. The third-order valence-electron chi connectivity index (χ3n) is 6.61. The van der Waals surface area contributed by atoms with Crippen molar-refractivity contribution >= 4 is 22.8 Å². The van der Waals surface area contributed by atoms with Gasteiger partial charge in [0.15, 0.2) is 0 Å². The number of likely N-dealkylation sites (tertiary alicyclic amines) is 1. The van der Waals surface area contributed by atoms with Crippen molar-refractivity contribution in [2.45, 2.75) is 38.3 Å². The summed E-state index contributed by atoms with van der Waals surface area (Å²) >= 11 is 0. The van der Waals surface area contributed by atoms with Gasteiger partial charge in [-0.1, -0.05) is 0 Å². The molecule has 28 heavy (non-hydrogen) atoms. The van der Waals surface area contributed by atoms with Gasteiger partial charge in [-0.05, 0) is 63.2 Å². The molecule has 0 spiro atoms. The molecular weight excluding hydrogens is 356 g/mol. The number of aromatic nitrogens is 1. The number of hydrogen-bond acceptors (Lipinski definition) is 4. The fourth-order valence-corrected chi connectivity index (χ4v) is 4.77. The summed E-state index contributed by atoms with van der Waals surface area (Å²) in [4.78, 5) is 35.3. The molecule has 0 aliphatic carbocycles. The Hall–Kier alpha value is -2.54. The minimum atomic E-state index is -0.807. The SMILES string of the molecule is COc1ccc2[nH]c3c(c2c1)C[C@@]1(C)C(=O)N(CCCN2CCC2)C(=O)N1C3. The zero-order valence-electron chi connectivity index (χ0n) is 16.5. The van der Waals surface area contributed by atoms with Gasteiger partial charge < -0.3 is 19.5 Å². The lowest BCUT2D eigenvalue weighted by Gasteiger charge is -2.35. The van der Waals surface area contributed by atoms with E-state index in [2.05, 4.69) is 9.88 Å². The van der Waals surface area contributed by atoms with Crippen LogP contribution >= 0.6 is 0 Å². The second kappa shape index (κ2) is 6.24. The molecule has 2 aromatic rings. The van der Waals surface area contributed by atoms with Gasteiger partial charge in [0.05, 0.1) is 13.7 Å². The van der Waals surface area contributed by atoms with Crippen molar-refractivity contribution in [1.29, 1.82) is 0 Å². The van der Waals surface area contributed by atoms with Gasteiger partial charge in [0.2, 0.25) is 0 Å². The van der Waals surface area contributed by atoms with E-state index in [1.54, 1.807) is 12.0 Å². The molecule has 3 aliphatic heterocycles. The lowest BCUT2D eigenvalue weighted by molar-refractivity contribution is -0.133. The number of carbonyl (C=O) groups is 2. The largest absolute Gasteiger partial charge is 0.497 e. The maximum atomic E-state index is 13.2. The normalized spacial score (nSPS) is 24.5. The molecule has 148 valence electrons. The highest BCUT2D eigenvalue weighted by Gasteiger charge is 2.56. The quantitative estimate of drug-likeness (QED) is 0.806. The number of carbonyl (C=O) groups excluding carboxylic acids is 2. The minimum absolute atomic E-state index is 0.0657. The zero-order valence-corrected chi connectivity index (χ0v) is 16.5. The Morgan fingerprint density at radius 1 is 1.21 bits per heavy atom. The molecule has 5 rings (SSSR count). The number of ether oxygens (including phenoxy) is 1. The first kappa shape index (κ1) is 17.6. The number of amides is 3. The first-order valence-electron chi connectivity index (χ1n) is 10.0. The summed E-state index contributed by atoms with van der Waals surface area (Å²) in [7, 11) is 1.65. The minimum Gasteiger partial charge on any atom is -0.497 e. The Kier molecular flexibility index (Phi) is 3.91. The summed E-state index contributed by atoms with van der Waals surface area (Å²) in [6, 6.07) is 5.77. The molecule has 1 N–H and O–H groups in total. The van der Waals surface area contributed by atoms with Crippen LogP contribution < -0.4 is 4.74 Å². The monoisotopic (exact) mass is 382 g/mol. The highest BCUT2D eigenvalue weighted by atomic mass is 16.5. The van der Waals surface area contributed by atoms with Crippen LogP contribution in [0.4, 0.5) is 4.79 Å². The second-order valence-electron chi connectivity index (χ2n) is 8.32. The fraction of sp³-hybridized carbons (Fsp3) is 0.524. The van der Waals surface area contributed by atoms with Crippen LogP contribution in [0.3, 0.4) is 0 Å². The maximum Gasteiger partial charge on any atom is 0.328 e. The molecule has 2 fully saturated rings. The Morgan fingerprint density at radius 2 is 2.04 bits per heavy atom. The van der Waals surface area contributed by atoms with E-state index < -0.39 is 5.54 Å². The van der Waals surface area contributed by atoms with Crippen LogP contribution in [0.15, 0.2) is 18.2 Å². The number of fused-ring (bicyclic) bond motifs is 4. The molecule has 7 heteroatoms. The van der Waals surface area contributed by atoms with Crippen molar-refractivity contribution in [2.75, 3.05) is 33.3 Å². The summed E-state index contributed by atoms with van der Waals surface area (Å²) in [5.74, 6) is 0.729. The summed E-state index contributed by atoms with van der Waals surface area (Å²) in [6.07, 6.45) is 2.62. The van der Waals surface area contributed by atoms with Gasteiger partial charge in [-0.15, -0.1) is 0 Å². The smallest absolute Gasteiger partial charge is 0.328 e. The zero-order chi connectivity index (χ0) is 19.5. The second-order valence-corrected chi connectivity index (χ2v) is 8.32. The number of benzene rings is 1. The van der Waals surface area contributed by atoms with Crippen LogP contribution in [-0.2, 0) is 17.8 Å². The van der Waals surface area contributed by atoms with Crippen molar-refractivity contribution in [3.05, 3.63) is 29.5 Å². The van der Waals surface area contributed by atoms with Crippen LogP contribution in [-0.4, -0.2) is 70.4 Å². The summed E-state index contributed by atoms with van der Waals surface area (Å²) in [5.41, 5.74) is 2.35. The van der Waals surface area contributed by atoms with E-state index in [0.717, 1.165) is 54.0 Å². The number of aromatic amines is 1. The molecule has 0 radical (unpaired) electrons. The van der Waals surface area contributed by atoms with Crippen LogP contribution in [0.5, 0.6) is 5.75 Å². The predicted molar refractivity (Wildman–Crippen MR) is 105 cm³/mol. The third-order valence-corrected chi connectivity index (χ3v) is 6.61. The van der Waals surface area contributed by atoms with Gasteiger partial charge in [-0.25, -0.2) is 4.79 Å². The van der Waals surface area contributed by atoms with E-state index in [-0.39, 0.29) is 11.9 Å². The van der Waals surface area contributed by atoms with E-state index >= 15 is 0 Å². The summed E-state index contributed by atoms with van der Waals surface area (Å²) in [5, 5.41) is 1.08. The van der Waals surface area contributed by atoms with Crippen LogP contribution in [0.25, 0.3) is 10.9 Å². The topological polar surface area (TPSA) is 68.9 Å². The first-order chi connectivity index (χ1) is 13.5.